The summed E-state index contributed by atoms with van der Waals surface area (Å²) in [6.07, 6.45) is 6.38. The molecule has 3 aromatic carbocycles. The normalized spacial score (nSPS) is 14.4. The minimum atomic E-state index is -0.323. The topological polar surface area (TPSA) is 54.7 Å². The van der Waals surface area contributed by atoms with Crippen LogP contribution in [0.2, 0.25) is 0 Å². The van der Waals surface area contributed by atoms with Crippen molar-refractivity contribution < 1.29 is 9.15 Å². The average Bonchev–Trinajstić information content (AvgIpc) is 2.92. The Morgan fingerprint density at radius 2 is 1.71 bits per heavy atom. The minimum Gasteiger partial charge on any atom is -0.497 e. The Hall–Kier alpha value is -3.83. The molecule has 5 nitrogen and oxygen atoms in total. The molecule has 0 amide bonds. The molecule has 1 fully saturated rings. The number of nitrogens with one attached hydrogen (secondary N) is 1. The van der Waals surface area contributed by atoms with Crippen molar-refractivity contribution in [3.8, 4) is 16.9 Å². The third-order valence-corrected chi connectivity index (χ3v) is 6.61. The fourth-order valence-corrected chi connectivity index (χ4v) is 4.78. The van der Waals surface area contributed by atoms with Gasteiger partial charge in [-0.05, 0) is 66.9 Å². The lowest BCUT2D eigenvalue weighted by atomic mass is 10.00. The van der Waals surface area contributed by atoms with E-state index < -0.39 is 0 Å². The number of hydrogen-bond donors (Lipinski definition) is 1. The first kappa shape index (κ1) is 22.9. The average molecular weight is 467 g/mol. The molecule has 2 heterocycles. The van der Waals surface area contributed by atoms with Gasteiger partial charge in [0, 0.05) is 24.0 Å². The lowest BCUT2D eigenvalue weighted by molar-refractivity contribution is 0.415. The second-order valence-electron chi connectivity index (χ2n) is 8.84. The van der Waals surface area contributed by atoms with E-state index in [9.17, 15) is 4.79 Å². The number of piperidine rings is 1. The second-order valence-corrected chi connectivity index (χ2v) is 8.84. The molecule has 0 spiro atoms. The molecule has 0 atom stereocenters. The maximum atomic E-state index is 12.6. The maximum Gasteiger partial charge on any atom is 0.338 e. The molecule has 1 aliphatic rings. The first-order valence-electron chi connectivity index (χ1n) is 12.1. The predicted molar refractivity (Wildman–Crippen MR) is 143 cm³/mol. The second kappa shape index (κ2) is 10.6. The SMILES string of the molecule is COc1ccc(-c2ccc3oc(=O)cc(N(CC=Cc4ccccc4)C4CCNCC4)c3c2)cc1. The first-order chi connectivity index (χ1) is 17.2. The molecule has 4 aromatic rings. The fraction of sp³-hybridized carbons (Fsp3) is 0.233. The van der Waals surface area contributed by atoms with Gasteiger partial charge in [-0.2, -0.15) is 0 Å². The lowest BCUT2D eigenvalue weighted by Gasteiger charge is -2.36. The summed E-state index contributed by atoms with van der Waals surface area (Å²) in [5.41, 5.74) is 4.53. The van der Waals surface area contributed by atoms with Crippen molar-refractivity contribution in [2.24, 2.45) is 0 Å². The van der Waals surface area contributed by atoms with Gasteiger partial charge in [0.15, 0.2) is 0 Å². The molecule has 0 aliphatic carbocycles. The van der Waals surface area contributed by atoms with Crippen LogP contribution in [0.1, 0.15) is 18.4 Å². The van der Waals surface area contributed by atoms with Crippen molar-refractivity contribution in [3.63, 3.8) is 0 Å². The van der Waals surface area contributed by atoms with Gasteiger partial charge < -0.3 is 19.4 Å². The van der Waals surface area contributed by atoms with Crippen molar-refractivity contribution >= 4 is 22.7 Å². The van der Waals surface area contributed by atoms with Crippen molar-refractivity contribution in [1.29, 1.82) is 0 Å². The summed E-state index contributed by atoms with van der Waals surface area (Å²) in [6, 6.07) is 26.3. The van der Waals surface area contributed by atoms with E-state index in [1.54, 1.807) is 13.2 Å². The fourth-order valence-electron chi connectivity index (χ4n) is 4.78. The summed E-state index contributed by atoms with van der Waals surface area (Å²) in [5, 5.41) is 4.40. The number of rotatable bonds is 7. The highest BCUT2D eigenvalue weighted by Gasteiger charge is 2.23. The third kappa shape index (κ3) is 5.31. The molecule has 0 saturated carbocycles. The maximum absolute atomic E-state index is 12.6. The van der Waals surface area contributed by atoms with Gasteiger partial charge in [-0.25, -0.2) is 4.79 Å². The van der Waals surface area contributed by atoms with Crippen molar-refractivity contribution in [3.05, 3.63) is 101 Å². The van der Waals surface area contributed by atoms with E-state index in [1.807, 2.05) is 54.6 Å². The monoisotopic (exact) mass is 466 g/mol. The molecule has 1 aliphatic heterocycles. The molecular weight excluding hydrogens is 436 g/mol. The van der Waals surface area contributed by atoms with Gasteiger partial charge in [0.2, 0.25) is 0 Å². The highest BCUT2D eigenvalue weighted by molar-refractivity contribution is 5.93. The summed E-state index contributed by atoms with van der Waals surface area (Å²) in [7, 11) is 1.67. The quantitative estimate of drug-likeness (QED) is 0.352. The molecule has 35 heavy (non-hydrogen) atoms. The molecule has 1 saturated heterocycles. The standard InChI is InChI=1S/C30H30N2O3/c1-34-26-12-9-23(10-13-26)24-11-14-29-27(20-24)28(21-30(33)35-29)32(25-15-17-31-18-16-25)19-5-8-22-6-3-2-4-7-22/h2-14,20-21,25,31H,15-19H2,1H3. The zero-order chi connectivity index (χ0) is 24.0. The van der Waals surface area contributed by atoms with E-state index in [4.69, 9.17) is 9.15 Å². The van der Waals surface area contributed by atoms with Gasteiger partial charge in [0.05, 0.1) is 12.8 Å². The molecule has 178 valence electrons. The van der Waals surface area contributed by atoms with E-state index in [0.717, 1.165) is 59.4 Å². The highest BCUT2D eigenvalue weighted by atomic mass is 16.5. The summed E-state index contributed by atoms with van der Waals surface area (Å²) in [4.78, 5) is 14.9. The van der Waals surface area contributed by atoms with Gasteiger partial charge in [0.25, 0.3) is 0 Å². The van der Waals surface area contributed by atoms with Crippen LogP contribution in [0.3, 0.4) is 0 Å². The van der Waals surface area contributed by atoms with E-state index in [0.29, 0.717) is 18.2 Å². The van der Waals surface area contributed by atoms with E-state index in [-0.39, 0.29) is 5.63 Å². The summed E-state index contributed by atoms with van der Waals surface area (Å²) >= 11 is 0. The van der Waals surface area contributed by atoms with E-state index >= 15 is 0 Å². The molecule has 0 unspecified atom stereocenters. The Balaban J connectivity index is 1.56. The lowest BCUT2D eigenvalue weighted by Crippen LogP contribution is -2.43. The number of hydrogen-bond acceptors (Lipinski definition) is 5. The molecule has 0 radical (unpaired) electrons. The Kier molecular flexibility index (Phi) is 6.96. The van der Waals surface area contributed by atoms with Gasteiger partial charge >= 0.3 is 5.63 Å². The summed E-state index contributed by atoms with van der Waals surface area (Å²) in [6.45, 7) is 2.66. The van der Waals surface area contributed by atoms with Crippen LogP contribution < -0.4 is 20.6 Å². The largest absolute Gasteiger partial charge is 0.497 e. The Morgan fingerprint density at radius 3 is 2.46 bits per heavy atom. The van der Waals surface area contributed by atoms with Crippen LogP contribution in [-0.4, -0.2) is 32.8 Å². The van der Waals surface area contributed by atoms with Gasteiger partial charge in [0.1, 0.15) is 11.3 Å². The first-order valence-corrected chi connectivity index (χ1v) is 12.1. The Morgan fingerprint density at radius 1 is 0.971 bits per heavy atom. The van der Waals surface area contributed by atoms with E-state index in [2.05, 4.69) is 40.6 Å². The number of nitrogens with zero attached hydrogens (tertiary/aromatic N) is 1. The van der Waals surface area contributed by atoms with Gasteiger partial charge in [-0.1, -0.05) is 60.7 Å². The Bertz CT molecular complexity index is 1350. The van der Waals surface area contributed by atoms with Crippen molar-refractivity contribution in [1.82, 2.24) is 5.32 Å². The van der Waals surface area contributed by atoms with Crippen LogP contribution in [0.15, 0.2) is 94.2 Å². The van der Waals surface area contributed by atoms with Crippen LogP contribution in [0.25, 0.3) is 28.2 Å². The van der Waals surface area contributed by atoms with Crippen molar-refractivity contribution in [2.75, 3.05) is 31.6 Å². The number of ether oxygens (including phenoxy) is 1. The third-order valence-electron chi connectivity index (χ3n) is 6.61. The van der Waals surface area contributed by atoms with Crippen LogP contribution in [-0.2, 0) is 0 Å². The van der Waals surface area contributed by atoms with Crippen LogP contribution in [0.4, 0.5) is 5.69 Å². The van der Waals surface area contributed by atoms with Crippen LogP contribution in [0, 0.1) is 0 Å². The van der Waals surface area contributed by atoms with Crippen LogP contribution >= 0.6 is 0 Å². The number of methoxy groups -OCH3 is 1. The molecule has 5 rings (SSSR count). The smallest absolute Gasteiger partial charge is 0.338 e. The van der Waals surface area contributed by atoms with Gasteiger partial charge in [-0.15, -0.1) is 0 Å². The summed E-state index contributed by atoms with van der Waals surface area (Å²) < 4.78 is 10.9. The molecule has 1 N–H and O–H groups in total. The zero-order valence-electron chi connectivity index (χ0n) is 19.9. The van der Waals surface area contributed by atoms with E-state index in [1.165, 1.54) is 0 Å². The van der Waals surface area contributed by atoms with Crippen LogP contribution in [0.5, 0.6) is 5.75 Å². The number of fused-ring (bicyclic) bond motifs is 1. The summed E-state index contributed by atoms with van der Waals surface area (Å²) in [5.74, 6) is 0.823. The molecule has 5 heteroatoms. The Labute approximate surface area is 205 Å². The molecule has 0 bridgehead atoms. The van der Waals surface area contributed by atoms with Crippen molar-refractivity contribution in [2.45, 2.75) is 18.9 Å². The highest BCUT2D eigenvalue weighted by Crippen LogP contribution is 2.33. The van der Waals surface area contributed by atoms with Gasteiger partial charge in [-0.3, -0.25) is 0 Å². The number of anilines is 1. The molecular formula is C30H30N2O3. The molecule has 1 aromatic heterocycles. The minimum absolute atomic E-state index is 0.323. The number of benzene rings is 3. The zero-order valence-corrected chi connectivity index (χ0v) is 19.9. The predicted octanol–water partition coefficient (Wildman–Crippen LogP) is 5.74.